The summed E-state index contributed by atoms with van der Waals surface area (Å²) in [5, 5.41) is 0. The molecule has 0 aliphatic heterocycles. The fraction of sp³-hybridized carbons (Fsp3) is 1.00. The zero-order chi connectivity index (χ0) is 6.69. The quantitative estimate of drug-likeness (QED) is 0.518. The molecule has 0 aromatic carbocycles. The van der Waals surface area contributed by atoms with Gasteiger partial charge in [-0.15, -0.1) is 0 Å². The zero-order valence-corrected chi connectivity index (χ0v) is 6.27. The highest BCUT2D eigenvalue weighted by Crippen LogP contribution is 2.20. The van der Waals surface area contributed by atoms with E-state index in [1.807, 2.05) is 0 Å². The average molecular weight is 143 g/mol. The smallest absolute Gasteiger partial charge is 0.00413 e. The fourth-order valence-electron chi connectivity index (χ4n) is 1.65. The molecule has 1 fully saturated rings. The highest BCUT2D eigenvalue weighted by molar-refractivity contribution is 4.69. The molecule has 0 amide bonds. The number of hydrogen-bond acceptors (Lipinski definition) is 1. The van der Waals surface area contributed by atoms with Crippen LogP contribution in [0.1, 0.15) is 46.5 Å². The standard InChI is InChI=1S/C8H17N.CH4/c1-7-4-2-3-5-8(9)6-7;/h7-8H,2-6,9H2,1H3;1H4/t7?,8-;/m1./s1. The Morgan fingerprint density at radius 2 is 1.80 bits per heavy atom. The zero-order valence-electron chi connectivity index (χ0n) is 6.27. The molecule has 1 aliphatic carbocycles. The molecule has 0 heterocycles. The molecule has 0 aromatic rings. The fourth-order valence-corrected chi connectivity index (χ4v) is 1.65. The van der Waals surface area contributed by atoms with Crippen molar-refractivity contribution in [1.82, 2.24) is 0 Å². The van der Waals surface area contributed by atoms with E-state index in [0.29, 0.717) is 6.04 Å². The normalized spacial score (nSPS) is 34.2. The number of hydrogen-bond donors (Lipinski definition) is 1. The molecule has 2 atom stereocenters. The van der Waals surface area contributed by atoms with Gasteiger partial charge in [0.1, 0.15) is 0 Å². The maximum atomic E-state index is 5.83. The maximum Gasteiger partial charge on any atom is 0.00413 e. The van der Waals surface area contributed by atoms with Crippen LogP contribution in [-0.4, -0.2) is 6.04 Å². The molecule has 0 bridgehead atoms. The van der Waals surface area contributed by atoms with Crippen LogP contribution in [0.2, 0.25) is 0 Å². The first kappa shape index (κ1) is 9.96. The van der Waals surface area contributed by atoms with Crippen molar-refractivity contribution in [2.24, 2.45) is 11.7 Å². The van der Waals surface area contributed by atoms with Crippen LogP contribution >= 0.6 is 0 Å². The number of nitrogens with two attached hydrogens (primary N) is 1. The van der Waals surface area contributed by atoms with Crippen molar-refractivity contribution in [3.05, 3.63) is 0 Å². The van der Waals surface area contributed by atoms with Crippen LogP contribution in [0.5, 0.6) is 0 Å². The lowest BCUT2D eigenvalue weighted by Gasteiger charge is -2.10. The van der Waals surface area contributed by atoms with Crippen molar-refractivity contribution >= 4 is 0 Å². The molecule has 0 spiro atoms. The van der Waals surface area contributed by atoms with Gasteiger partial charge in [-0.2, -0.15) is 0 Å². The van der Waals surface area contributed by atoms with E-state index in [2.05, 4.69) is 6.92 Å². The van der Waals surface area contributed by atoms with E-state index in [0.717, 1.165) is 5.92 Å². The second-order valence-electron chi connectivity index (χ2n) is 3.39. The van der Waals surface area contributed by atoms with Crippen molar-refractivity contribution in [3.63, 3.8) is 0 Å². The Hall–Kier alpha value is -0.0400. The minimum absolute atomic E-state index is 0. The summed E-state index contributed by atoms with van der Waals surface area (Å²) in [7, 11) is 0. The second-order valence-corrected chi connectivity index (χ2v) is 3.39. The highest BCUT2D eigenvalue weighted by atomic mass is 14.6. The van der Waals surface area contributed by atoms with Crippen LogP contribution in [0.3, 0.4) is 0 Å². The van der Waals surface area contributed by atoms with Gasteiger partial charge in [0.25, 0.3) is 0 Å². The summed E-state index contributed by atoms with van der Waals surface area (Å²) in [6.45, 7) is 2.31. The van der Waals surface area contributed by atoms with E-state index >= 15 is 0 Å². The van der Waals surface area contributed by atoms with E-state index in [1.165, 1.54) is 32.1 Å². The molecule has 1 nitrogen and oxygen atoms in total. The first-order chi connectivity index (χ1) is 4.29. The molecule has 1 heteroatoms. The van der Waals surface area contributed by atoms with E-state index < -0.39 is 0 Å². The van der Waals surface area contributed by atoms with E-state index in [-0.39, 0.29) is 7.43 Å². The molecular formula is C9H21N. The monoisotopic (exact) mass is 143 g/mol. The summed E-state index contributed by atoms with van der Waals surface area (Å²) >= 11 is 0. The summed E-state index contributed by atoms with van der Waals surface area (Å²) in [5.41, 5.74) is 5.83. The van der Waals surface area contributed by atoms with Gasteiger partial charge in [-0.25, -0.2) is 0 Å². The molecule has 1 unspecified atom stereocenters. The van der Waals surface area contributed by atoms with Gasteiger partial charge < -0.3 is 5.73 Å². The summed E-state index contributed by atoms with van der Waals surface area (Å²) in [6.07, 6.45) is 6.65. The summed E-state index contributed by atoms with van der Waals surface area (Å²) in [4.78, 5) is 0. The molecule has 0 radical (unpaired) electrons. The Labute approximate surface area is 65.0 Å². The van der Waals surface area contributed by atoms with E-state index in [9.17, 15) is 0 Å². The summed E-state index contributed by atoms with van der Waals surface area (Å²) in [6, 6.07) is 0.502. The van der Waals surface area contributed by atoms with Gasteiger partial charge in [-0.05, 0) is 18.8 Å². The molecule has 62 valence electrons. The molecule has 0 saturated heterocycles. The van der Waals surface area contributed by atoms with Crippen molar-refractivity contribution in [3.8, 4) is 0 Å². The third kappa shape index (κ3) is 3.21. The van der Waals surface area contributed by atoms with Gasteiger partial charge in [-0.1, -0.05) is 33.6 Å². The van der Waals surface area contributed by atoms with Gasteiger partial charge in [0.2, 0.25) is 0 Å². The lowest BCUT2D eigenvalue weighted by atomic mass is 10.0. The van der Waals surface area contributed by atoms with Crippen molar-refractivity contribution < 1.29 is 0 Å². The van der Waals surface area contributed by atoms with Gasteiger partial charge >= 0.3 is 0 Å². The van der Waals surface area contributed by atoms with Gasteiger partial charge in [-0.3, -0.25) is 0 Å². The van der Waals surface area contributed by atoms with Crippen molar-refractivity contribution in [1.29, 1.82) is 0 Å². The summed E-state index contributed by atoms with van der Waals surface area (Å²) < 4.78 is 0. The lowest BCUT2D eigenvalue weighted by molar-refractivity contribution is 0.469. The van der Waals surface area contributed by atoms with Crippen molar-refractivity contribution in [2.45, 2.75) is 52.5 Å². The van der Waals surface area contributed by atoms with E-state index in [4.69, 9.17) is 5.73 Å². The van der Waals surface area contributed by atoms with Crippen LogP contribution < -0.4 is 5.73 Å². The van der Waals surface area contributed by atoms with Crippen LogP contribution in [0.25, 0.3) is 0 Å². The van der Waals surface area contributed by atoms with Crippen LogP contribution in [0.15, 0.2) is 0 Å². The third-order valence-corrected chi connectivity index (χ3v) is 2.23. The molecule has 1 aliphatic rings. The Morgan fingerprint density at radius 1 is 1.20 bits per heavy atom. The Kier molecular flexibility index (Phi) is 4.71. The Morgan fingerprint density at radius 3 is 2.50 bits per heavy atom. The maximum absolute atomic E-state index is 5.83. The molecule has 2 N–H and O–H groups in total. The number of rotatable bonds is 0. The van der Waals surface area contributed by atoms with Gasteiger partial charge in [0.05, 0.1) is 0 Å². The Balaban J connectivity index is 0.000000810. The summed E-state index contributed by atoms with van der Waals surface area (Å²) in [5.74, 6) is 0.877. The predicted molar refractivity (Wildman–Crippen MR) is 47.0 cm³/mol. The molecule has 0 aromatic heterocycles. The lowest BCUT2D eigenvalue weighted by Crippen LogP contribution is -2.20. The molecular weight excluding hydrogens is 122 g/mol. The molecule has 10 heavy (non-hydrogen) atoms. The minimum Gasteiger partial charge on any atom is -0.328 e. The van der Waals surface area contributed by atoms with Crippen LogP contribution in [0.4, 0.5) is 0 Å². The Bertz CT molecular complexity index is 70.8. The first-order valence-electron chi connectivity index (χ1n) is 4.04. The average Bonchev–Trinajstić information content (AvgIpc) is 1.93. The highest BCUT2D eigenvalue weighted by Gasteiger charge is 2.12. The van der Waals surface area contributed by atoms with Crippen molar-refractivity contribution in [2.75, 3.05) is 0 Å². The van der Waals surface area contributed by atoms with Crippen LogP contribution in [-0.2, 0) is 0 Å². The molecule has 1 saturated carbocycles. The first-order valence-corrected chi connectivity index (χ1v) is 4.04. The molecule has 1 rings (SSSR count). The SMILES string of the molecule is C.CC1CCCC[C@@H](N)C1. The second kappa shape index (κ2) is 4.73. The largest absolute Gasteiger partial charge is 0.328 e. The van der Waals surface area contributed by atoms with E-state index in [1.54, 1.807) is 0 Å². The van der Waals surface area contributed by atoms with Crippen LogP contribution in [0, 0.1) is 5.92 Å². The minimum atomic E-state index is 0. The van der Waals surface area contributed by atoms with Gasteiger partial charge in [0.15, 0.2) is 0 Å². The predicted octanol–water partition coefficient (Wildman–Crippen LogP) is 2.55. The van der Waals surface area contributed by atoms with Gasteiger partial charge in [0, 0.05) is 6.04 Å². The third-order valence-electron chi connectivity index (χ3n) is 2.23. The topological polar surface area (TPSA) is 26.0 Å².